The van der Waals surface area contributed by atoms with Crippen molar-refractivity contribution in [2.24, 2.45) is 10.9 Å². The number of carbonyl (C=O) groups excluding carboxylic acids is 2. The van der Waals surface area contributed by atoms with Crippen molar-refractivity contribution in [3.8, 4) is 5.75 Å². The molecule has 0 unspecified atom stereocenters. The Morgan fingerprint density at radius 3 is 2.41 bits per heavy atom. The van der Waals surface area contributed by atoms with Gasteiger partial charge >= 0.3 is 0 Å². The van der Waals surface area contributed by atoms with E-state index in [1.165, 1.54) is 12.1 Å². The number of nitrogens with zero attached hydrogens (tertiary/aromatic N) is 2. The van der Waals surface area contributed by atoms with Gasteiger partial charge in [0.1, 0.15) is 5.75 Å². The summed E-state index contributed by atoms with van der Waals surface area (Å²) in [4.78, 5) is 30.4. The second-order valence-electron chi connectivity index (χ2n) is 6.85. The fraction of sp³-hybridized carbons (Fsp3) is 0.550. The van der Waals surface area contributed by atoms with Gasteiger partial charge in [0.2, 0.25) is 5.91 Å². The molecule has 1 saturated heterocycles. The predicted octanol–water partition coefficient (Wildman–Crippen LogP) is 1.55. The highest BCUT2D eigenvalue weighted by atomic mass is 127. The topological polar surface area (TPSA) is 106 Å². The van der Waals surface area contributed by atoms with E-state index >= 15 is 0 Å². The van der Waals surface area contributed by atoms with Crippen molar-refractivity contribution in [2.45, 2.75) is 26.2 Å². The van der Waals surface area contributed by atoms with Crippen molar-refractivity contribution in [3.05, 3.63) is 29.8 Å². The summed E-state index contributed by atoms with van der Waals surface area (Å²) >= 11 is 0. The molecule has 1 aromatic carbocycles. The van der Waals surface area contributed by atoms with Gasteiger partial charge in [-0.25, -0.2) is 0 Å². The van der Waals surface area contributed by atoms with Crippen LogP contribution in [0.3, 0.4) is 0 Å². The van der Waals surface area contributed by atoms with Gasteiger partial charge in [0.05, 0.1) is 6.54 Å². The molecule has 1 aliphatic heterocycles. The first-order valence-electron chi connectivity index (χ1n) is 9.84. The van der Waals surface area contributed by atoms with Gasteiger partial charge in [-0.3, -0.25) is 14.6 Å². The lowest BCUT2D eigenvalue weighted by Crippen LogP contribution is -2.46. The van der Waals surface area contributed by atoms with Crippen molar-refractivity contribution in [2.75, 3.05) is 39.8 Å². The maximum atomic E-state index is 12.1. The van der Waals surface area contributed by atoms with Crippen LogP contribution in [0.15, 0.2) is 29.3 Å². The molecule has 0 bridgehead atoms. The van der Waals surface area contributed by atoms with Gasteiger partial charge in [0, 0.05) is 45.2 Å². The minimum atomic E-state index is -0.185. The highest BCUT2D eigenvalue weighted by Gasteiger charge is 2.23. The number of hydrogen-bond donors (Lipinski definition) is 4. The number of nitrogens with one attached hydrogen (secondary N) is 3. The Labute approximate surface area is 189 Å². The van der Waals surface area contributed by atoms with E-state index in [-0.39, 0.29) is 41.5 Å². The average molecular weight is 517 g/mol. The number of amides is 2. The largest absolute Gasteiger partial charge is 0.508 e. The molecule has 0 aliphatic carbocycles. The van der Waals surface area contributed by atoms with Gasteiger partial charge in [0.25, 0.3) is 5.91 Å². The van der Waals surface area contributed by atoms with E-state index in [1.807, 2.05) is 6.92 Å². The van der Waals surface area contributed by atoms with Gasteiger partial charge in [-0.2, -0.15) is 0 Å². The first kappa shape index (κ1) is 25.0. The first-order chi connectivity index (χ1) is 13.5. The number of phenolic OH excluding ortho intramolecular Hbond substituents is 1. The van der Waals surface area contributed by atoms with Crippen LogP contribution in [0.5, 0.6) is 5.75 Å². The number of benzene rings is 1. The lowest BCUT2D eigenvalue weighted by Gasteiger charge is -2.34. The van der Waals surface area contributed by atoms with Crippen molar-refractivity contribution in [1.29, 1.82) is 0 Å². The van der Waals surface area contributed by atoms with Crippen LogP contribution in [0.25, 0.3) is 0 Å². The number of guanidine groups is 1. The molecule has 162 valence electrons. The number of halogens is 1. The van der Waals surface area contributed by atoms with Crippen LogP contribution in [-0.4, -0.2) is 67.6 Å². The van der Waals surface area contributed by atoms with Gasteiger partial charge in [-0.1, -0.05) is 0 Å². The zero-order chi connectivity index (χ0) is 20.4. The van der Waals surface area contributed by atoms with Crippen molar-refractivity contribution >= 4 is 41.8 Å². The Hall–Kier alpha value is -2.04. The van der Waals surface area contributed by atoms with Crippen molar-refractivity contribution in [1.82, 2.24) is 20.9 Å². The van der Waals surface area contributed by atoms with Gasteiger partial charge in [0.15, 0.2) is 5.96 Å². The molecule has 29 heavy (non-hydrogen) atoms. The summed E-state index contributed by atoms with van der Waals surface area (Å²) in [5, 5.41) is 18.1. The zero-order valence-corrected chi connectivity index (χ0v) is 19.4. The summed E-state index contributed by atoms with van der Waals surface area (Å²) in [6, 6.07) is 6.15. The molecular formula is C20H32IN5O3. The van der Waals surface area contributed by atoms with Crippen LogP contribution in [0.4, 0.5) is 0 Å². The van der Waals surface area contributed by atoms with Gasteiger partial charge < -0.3 is 26.0 Å². The van der Waals surface area contributed by atoms with E-state index in [2.05, 4.69) is 25.8 Å². The summed E-state index contributed by atoms with van der Waals surface area (Å²) < 4.78 is 0. The second-order valence-corrected chi connectivity index (χ2v) is 6.85. The predicted molar refractivity (Wildman–Crippen MR) is 125 cm³/mol. The van der Waals surface area contributed by atoms with E-state index in [9.17, 15) is 14.7 Å². The Morgan fingerprint density at radius 2 is 1.83 bits per heavy atom. The maximum absolute atomic E-state index is 12.1. The molecule has 4 N–H and O–H groups in total. The minimum absolute atomic E-state index is 0. The Balaban J connectivity index is 0.00000420. The Kier molecular flexibility index (Phi) is 11.4. The monoisotopic (exact) mass is 517 g/mol. The van der Waals surface area contributed by atoms with E-state index in [0.29, 0.717) is 31.0 Å². The van der Waals surface area contributed by atoms with E-state index in [0.717, 1.165) is 38.4 Å². The standard InChI is InChI=1S/C20H31N5O3.HI/c1-3-22-20(25-12-8-15(9-13-25)14-18(27)21-2)24-11-10-23-19(28)16-4-6-17(26)7-5-16;/h4-7,15,26H,3,8-14H2,1-2H3,(H,21,27)(H,22,24)(H,23,28);1H. The molecule has 0 radical (unpaired) electrons. The summed E-state index contributed by atoms with van der Waals surface area (Å²) in [6.07, 6.45) is 2.52. The normalized spacial score (nSPS) is 14.7. The average Bonchev–Trinajstić information content (AvgIpc) is 2.71. The number of piperidine rings is 1. The Morgan fingerprint density at radius 1 is 1.17 bits per heavy atom. The molecule has 0 spiro atoms. The van der Waals surface area contributed by atoms with Crippen LogP contribution < -0.4 is 16.0 Å². The summed E-state index contributed by atoms with van der Waals surface area (Å²) in [7, 11) is 1.67. The fourth-order valence-corrected chi connectivity index (χ4v) is 3.19. The molecule has 0 aromatic heterocycles. The van der Waals surface area contributed by atoms with Crippen molar-refractivity contribution in [3.63, 3.8) is 0 Å². The lowest BCUT2D eigenvalue weighted by atomic mass is 9.93. The maximum Gasteiger partial charge on any atom is 0.251 e. The summed E-state index contributed by atoms with van der Waals surface area (Å²) in [6.45, 7) is 5.45. The molecule has 0 saturated carbocycles. The molecule has 9 heteroatoms. The molecule has 2 rings (SSSR count). The number of hydrogen-bond acceptors (Lipinski definition) is 4. The Bertz CT molecular complexity index is 673. The molecule has 0 atom stereocenters. The fourth-order valence-electron chi connectivity index (χ4n) is 3.19. The molecule has 1 heterocycles. The molecule has 1 aromatic rings. The van der Waals surface area contributed by atoms with Crippen LogP contribution in [0.2, 0.25) is 0 Å². The van der Waals surface area contributed by atoms with Gasteiger partial charge in [-0.05, 0) is 49.9 Å². The van der Waals surface area contributed by atoms with Crippen LogP contribution in [-0.2, 0) is 4.79 Å². The second kappa shape index (κ2) is 13.2. The third kappa shape index (κ3) is 8.46. The summed E-state index contributed by atoms with van der Waals surface area (Å²) in [5.74, 6) is 1.32. The number of carbonyl (C=O) groups is 2. The van der Waals surface area contributed by atoms with Crippen LogP contribution >= 0.6 is 24.0 Å². The zero-order valence-electron chi connectivity index (χ0n) is 17.1. The lowest BCUT2D eigenvalue weighted by molar-refractivity contribution is -0.121. The molecule has 8 nitrogen and oxygen atoms in total. The molecule has 2 amide bonds. The number of likely N-dealkylation sites (tertiary alicyclic amines) is 1. The first-order valence-corrected chi connectivity index (χ1v) is 9.84. The van der Waals surface area contributed by atoms with Crippen LogP contribution in [0.1, 0.15) is 36.5 Å². The number of aliphatic imine (C=N–C) groups is 1. The third-order valence-corrected chi connectivity index (χ3v) is 4.79. The third-order valence-electron chi connectivity index (χ3n) is 4.79. The minimum Gasteiger partial charge on any atom is -0.508 e. The molecular weight excluding hydrogens is 485 g/mol. The van der Waals surface area contributed by atoms with E-state index < -0.39 is 0 Å². The van der Waals surface area contributed by atoms with E-state index in [4.69, 9.17) is 0 Å². The van der Waals surface area contributed by atoms with E-state index in [1.54, 1.807) is 19.2 Å². The van der Waals surface area contributed by atoms with Crippen molar-refractivity contribution < 1.29 is 14.7 Å². The summed E-state index contributed by atoms with van der Waals surface area (Å²) in [5.41, 5.74) is 0.506. The van der Waals surface area contributed by atoms with Gasteiger partial charge in [-0.15, -0.1) is 24.0 Å². The molecule has 1 aliphatic rings. The highest BCUT2D eigenvalue weighted by molar-refractivity contribution is 14.0. The van der Waals surface area contributed by atoms with Crippen LogP contribution in [0, 0.1) is 5.92 Å². The smallest absolute Gasteiger partial charge is 0.251 e. The number of aromatic hydroxyl groups is 1. The number of phenols is 1. The quantitative estimate of drug-likeness (QED) is 0.190. The number of rotatable bonds is 7. The highest BCUT2D eigenvalue weighted by Crippen LogP contribution is 2.20. The SMILES string of the molecule is CCNC(=NCCNC(=O)c1ccc(O)cc1)N1CCC(CC(=O)NC)CC1.I. The molecule has 1 fully saturated rings.